The summed E-state index contributed by atoms with van der Waals surface area (Å²) in [6.45, 7) is 4.45. The minimum absolute atomic E-state index is 0.424. The SMILES string of the molecule is CNC(Cc1ccc(C(C)C)cc1)Cc1cccc(Cl)c1. The Balaban J connectivity index is 2.01. The highest BCUT2D eigenvalue weighted by molar-refractivity contribution is 6.30. The van der Waals surface area contributed by atoms with Crippen LogP contribution in [0.15, 0.2) is 48.5 Å². The minimum Gasteiger partial charge on any atom is -0.316 e. The van der Waals surface area contributed by atoms with Crippen LogP contribution in [0.25, 0.3) is 0 Å². The van der Waals surface area contributed by atoms with Gasteiger partial charge in [0.2, 0.25) is 0 Å². The summed E-state index contributed by atoms with van der Waals surface area (Å²) in [5.41, 5.74) is 4.05. The van der Waals surface area contributed by atoms with Gasteiger partial charge in [0.1, 0.15) is 0 Å². The summed E-state index contributed by atoms with van der Waals surface area (Å²) in [7, 11) is 2.03. The van der Waals surface area contributed by atoms with Gasteiger partial charge in [-0.15, -0.1) is 0 Å². The molecule has 2 heteroatoms. The van der Waals surface area contributed by atoms with Gasteiger partial charge in [0.15, 0.2) is 0 Å². The summed E-state index contributed by atoms with van der Waals surface area (Å²) in [5.74, 6) is 0.589. The van der Waals surface area contributed by atoms with E-state index in [0.717, 1.165) is 17.9 Å². The molecule has 0 saturated heterocycles. The fourth-order valence-corrected chi connectivity index (χ4v) is 2.76. The van der Waals surface area contributed by atoms with Gasteiger partial charge < -0.3 is 5.32 Å². The molecule has 0 aliphatic carbocycles. The first kappa shape index (κ1) is 16.1. The average Bonchev–Trinajstić information content (AvgIpc) is 2.47. The molecule has 0 spiro atoms. The zero-order chi connectivity index (χ0) is 15.2. The highest BCUT2D eigenvalue weighted by atomic mass is 35.5. The van der Waals surface area contributed by atoms with Crippen molar-refractivity contribution >= 4 is 11.6 Å². The standard InChI is InChI=1S/C19H24ClN/c1-14(2)17-9-7-15(8-10-17)12-19(21-3)13-16-5-4-6-18(20)11-16/h4-11,14,19,21H,12-13H2,1-3H3. The lowest BCUT2D eigenvalue weighted by Gasteiger charge is -2.17. The fraction of sp³-hybridized carbons (Fsp3) is 0.368. The highest BCUT2D eigenvalue weighted by Gasteiger charge is 2.09. The Hall–Kier alpha value is -1.31. The van der Waals surface area contributed by atoms with Gasteiger partial charge in [0.05, 0.1) is 0 Å². The first-order chi connectivity index (χ1) is 10.1. The number of halogens is 1. The predicted molar refractivity (Wildman–Crippen MR) is 92.2 cm³/mol. The summed E-state index contributed by atoms with van der Waals surface area (Å²) < 4.78 is 0. The van der Waals surface area contributed by atoms with E-state index in [9.17, 15) is 0 Å². The quantitative estimate of drug-likeness (QED) is 0.805. The molecule has 1 unspecified atom stereocenters. The van der Waals surface area contributed by atoms with Crippen LogP contribution in [0.2, 0.25) is 5.02 Å². The molecule has 0 aromatic heterocycles. The zero-order valence-electron chi connectivity index (χ0n) is 13.1. The van der Waals surface area contributed by atoms with Crippen LogP contribution in [0, 0.1) is 0 Å². The molecule has 0 radical (unpaired) electrons. The van der Waals surface area contributed by atoms with E-state index in [1.54, 1.807) is 0 Å². The van der Waals surface area contributed by atoms with Crippen LogP contribution in [-0.4, -0.2) is 13.1 Å². The summed E-state index contributed by atoms with van der Waals surface area (Å²) in [4.78, 5) is 0. The molecule has 0 saturated carbocycles. The third-order valence-electron chi connectivity index (χ3n) is 3.91. The lowest BCUT2D eigenvalue weighted by Crippen LogP contribution is -2.29. The first-order valence-corrected chi connectivity index (χ1v) is 7.97. The summed E-state index contributed by atoms with van der Waals surface area (Å²) in [5, 5.41) is 4.22. The van der Waals surface area contributed by atoms with Gasteiger partial charge in [-0.2, -0.15) is 0 Å². The van der Waals surface area contributed by atoms with Crippen molar-refractivity contribution in [3.05, 3.63) is 70.2 Å². The fourth-order valence-electron chi connectivity index (χ4n) is 2.55. The van der Waals surface area contributed by atoms with E-state index in [2.05, 4.69) is 49.5 Å². The molecule has 0 aliphatic heterocycles. The van der Waals surface area contributed by atoms with Crippen LogP contribution >= 0.6 is 11.6 Å². The number of nitrogens with one attached hydrogen (secondary N) is 1. The summed E-state index contributed by atoms with van der Waals surface area (Å²) in [6, 6.07) is 17.5. The van der Waals surface area contributed by atoms with Crippen molar-refractivity contribution in [3.8, 4) is 0 Å². The van der Waals surface area contributed by atoms with Gasteiger partial charge in [0, 0.05) is 11.1 Å². The third-order valence-corrected chi connectivity index (χ3v) is 4.14. The Labute approximate surface area is 133 Å². The van der Waals surface area contributed by atoms with Gasteiger partial charge in [-0.1, -0.05) is 61.8 Å². The second kappa shape index (κ2) is 7.63. The molecular weight excluding hydrogens is 278 g/mol. The molecule has 0 fully saturated rings. The maximum absolute atomic E-state index is 6.06. The number of likely N-dealkylation sites (N-methyl/N-ethyl adjacent to an activating group) is 1. The van der Waals surface area contributed by atoms with Gasteiger partial charge in [0.25, 0.3) is 0 Å². The molecule has 1 nitrogen and oxygen atoms in total. The molecular formula is C19H24ClN. The van der Waals surface area contributed by atoms with Crippen molar-refractivity contribution in [2.75, 3.05) is 7.05 Å². The molecule has 0 heterocycles. The normalized spacial score (nSPS) is 12.6. The second-order valence-corrected chi connectivity index (χ2v) is 6.36. The lowest BCUT2D eigenvalue weighted by molar-refractivity contribution is 0.556. The monoisotopic (exact) mass is 301 g/mol. The average molecular weight is 302 g/mol. The van der Waals surface area contributed by atoms with Crippen molar-refractivity contribution in [1.82, 2.24) is 5.32 Å². The smallest absolute Gasteiger partial charge is 0.0408 e. The number of hydrogen-bond donors (Lipinski definition) is 1. The molecule has 2 aromatic carbocycles. The van der Waals surface area contributed by atoms with Gasteiger partial charge in [-0.25, -0.2) is 0 Å². The van der Waals surface area contributed by atoms with E-state index in [-0.39, 0.29) is 0 Å². The lowest BCUT2D eigenvalue weighted by atomic mass is 9.96. The highest BCUT2D eigenvalue weighted by Crippen LogP contribution is 2.17. The van der Waals surface area contributed by atoms with E-state index in [4.69, 9.17) is 11.6 Å². The van der Waals surface area contributed by atoms with Crippen LogP contribution in [0.5, 0.6) is 0 Å². The van der Waals surface area contributed by atoms with Crippen molar-refractivity contribution in [2.24, 2.45) is 0 Å². The van der Waals surface area contributed by atoms with Crippen molar-refractivity contribution in [2.45, 2.75) is 38.6 Å². The third kappa shape index (κ3) is 4.87. The van der Waals surface area contributed by atoms with Crippen LogP contribution in [0.1, 0.15) is 36.5 Å². The van der Waals surface area contributed by atoms with Crippen LogP contribution in [-0.2, 0) is 12.8 Å². The zero-order valence-corrected chi connectivity index (χ0v) is 13.8. The van der Waals surface area contributed by atoms with E-state index in [1.165, 1.54) is 16.7 Å². The molecule has 21 heavy (non-hydrogen) atoms. The Morgan fingerprint density at radius 2 is 1.62 bits per heavy atom. The maximum Gasteiger partial charge on any atom is 0.0408 e. The van der Waals surface area contributed by atoms with E-state index < -0.39 is 0 Å². The van der Waals surface area contributed by atoms with Crippen molar-refractivity contribution in [1.29, 1.82) is 0 Å². The molecule has 1 N–H and O–H groups in total. The van der Waals surface area contributed by atoms with Gasteiger partial charge >= 0.3 is 0 Å². The summed E-state index contributed by atoms with van der Waals surface area (Å²) >= 11 is 6.06. The largest absolute Gasteiger partial charge is 0.316 e. The number of benzene rings is 2. The van der Waals surface area contributed by atoms with Crippen molar-refractivity contribution in [3.63, 3.8) is 0 Å². The molecule has 2 aromatic rings. The van der Waals surface area contributed by atoms with Crippen LogP contribution < -0.4 is 5.32 Å². The van der Waals surface area contributed by atoms with E-state index in [1.807, 2.05) is 25.2 Å². The molecule has 0 bridgehead atoms. The number of rotatable bonds is 6. The van der Waals surface area contributed by atoms with Gasteiger partial charge in [-0.05, 0) is 54.6 Å². The number of hydrogen-bond acceptors (Lipinski definition) is 1. The van der Waals surface area contributed by atoms with Gasteiger partial charge in [-0.3, -0.25) is 0 Å². The molecule has 2 rings (SSSR count). The first-order valence-electron chi connectivity index (χ1n) is 7.59. The Bertz CT molecular complexity index is 560. The molecule has 0 amide bonds. The Morgan fingerprint density at radius 3 is 2.19 bits per heavy atom. The maximum atomic E-state index is 6.06. The Morgan fingerprint density at radius 1 is 0.952 bits per heavy atom. The molecule has 0 aliphatic rings. The minimum atomic E-state index is 0.424. The van der Waals surface area contributed by atoms with Crippen LogP contribution in [0.4, 0.5) is 0 Å². The second-order valence-electron chi connectivity index (χ2n) is 5.92. The predicted octanol–water partition coefficient (Wildman–Crippen LogP) is 4.84. The molecule has 1 atom stereocenters. The Kier molecular flexibility index (Phi) is 5.84. The molecule has 112 valence electrons. The van der Waals surface area contributed by atoms with E-state index >= 15 is 0 Å². The summed E-state index contributed by atoms with van der Waals surface area (Å²) in [6.07, 6.45) is 2.02. The topological polar surface area (TPSA) is 12.0 Å². The van der Waals surface area contributed by atoms with E-state index in [0.29, 0.717) is 12.0 Å². The van der Waals surface area contributed by atoms with Crippen molar-refractivity contribution < 1.29 is 0 Å². The van der Waals surface area contributed by atoms with Crippen LogP contribution in [0.3, 0.4) is 0 Å².